The summed E-state index contributed by atoms with van der Waals surface area (Å²) in [7, 11) is 1.54. The molecule has 3 N–H and O–H groups in total. The van der Waals surface area contributed by atoms with Crippen molar-refractivity contribution in [1.82, 2.24) is 14.5 Å². The van der Waals surface area contributed by atoms with Crippen LogP contribution in [0, 0.1) is 0 Å². The van der Waals surface area contributed by atoms with Crippen molar-refractivity contribution in [2.24, 2.45) is 0 Å². The number of aromatic amines is 1. The van der Waals surface area contributed by atoms with Crippen molar-refractivity contribution < 1.29 is 9.53 Å². The Labute approximate surface area is 171 Å². The van der Waals surface area contributed by atoms with E-state index in [0.717, 1.165) is 38.8 Å². The standard InChI is InChI=1S/C20H35N5O4/c1-3-4-12-25-18(21)17(19(27)22-20(25)28)24(13-14-29-2)16(26)15-23-10-8-6-5-7-9-11-23/h3-15,21H2,1-2H3,(H,22,27,28). The quantitative estimate of drug-likeness (QED) is 0.633. The molecule has 1 aromatic rings. The van der Waals surface area contributed by atoms with Gasteiger partial charge in [0.05, 0.1) is 13.2 Å². The molecule has 2 rings (SSSR count). The second kappa shape index (κ2) is 11.8. The topological polar surface area (TPSA) is 114 Å². The summed E-state index contributed by atoms with van der Waals surface area (Å²) in [6.07, 6.45) is 7.34. The number of H-pyrrole nitrogens is 1. The van der Waals surface area contributed by atoms with Crippen LogP contribution in [0.2, 0.25) is 0 Å². The van der Waals surface area contributed by atoms with Gasteiger partial charge in [0.15, 0.2) is 5.69 Å². The molecule has 9 heteroatoms. The molecule has 0 aliphatic carbocycles. The van der Waals surface area contributed by atoms with Crippen molar-refractivity contribution in [3.05, 3.63) is 20.8 Å². The Balaban J connectivity index is 2.31. The molecule has 0 spiro atoms. The van der Waals surface area contributed by atoms with Crippen LogP contribution in [-0.2, 0) is 16.1 Å². The zero-order chi connectivity index (χ0) is 21.2. The summed E-state index contributed by atoms with van der Waals surface area (Å²) in [5.74, 6) is -0.176. The lowest BCUT2D eigenvalue weighted by atomic mass is 10.1. The van der Waals surface area contributed by atoms with Gasteiger partial charge in [0.1, 0.15) is 5.82 Å². The maximum atomic E-state index is 13.2. The van der Waals surface area contributed by atoms with Gasteiger partial charge in [0.2, 0.25) is 5.91 Å². The van der Waals surface area contributed by atoms with Crippen molar-refractivity contribution >= 4 is 17.4 Å². The fraction of sp³-hybridized carbons (Fsp3) is 0.750. The molecule has 0 saturated carbocycles. The van der Waals surface area contributed by atoms with Gasteiger partial charge in [-0.25, -0.2) is 4.79 Å². The van der Waals surface area contributed by atoms with Crippen molar-refractivity contribution in [3.8, 4) is 0 Å². The molecule has 0 unspecified atom stereocenters. The smallest absolute Gasteiger partial charge is 0.330 e. The van der Waals surface area contributed by atoms with Crippen LogP contribution in [0.3, 0.4) is 0 Å². The molecule has 164 valence electrons. The van der Waals surface area contributed by atoms with Gasteiger partial charge in [-0.3, -0.25) is 24.0 Å². The average molecular weight is 410 g/mol. The molecule has 1 saturated heterocycles. The maximum absolute atomic E-state index is 13.2. The van der Waals surface area contributed by atoms with E-state index in [1.54, 1.807) is 0 Å². The van der Waals surface area contributed by atoms with E-state index in [9.17, 15) is 14.4 Å². The van der Waals surface area contributed by atoms with E-state index in [0.29, 0.717) is 6.54 Å². The maximum Gasteiger partial charge on any atom is 0.330 e. The number of unbranched alkanes of at least 4 members (excludes halogenated alkanes) is 1. The number of nitrogens with zero attached hydrogens (tertiary/aromatic N) is 3. The molecule has 9 nitrogen and oxygen atoms in total. The first-order chi connectivity index (χ1) is 14.0. The molecule has 29 heavy (non-hydrogen) atoms. The van der Waals surface area contributed by atoms with Crippen LogP contribution < -0.4 is 21.9 Å². The van der Waals surface area contributed by atoms with E-state index in [1.165, 1.54) is 35.8 Å². The summed E-state index contributed by atoms with van der Waals surface area (Å²) >= 11 is 0. The van der Waals surface area contributed by atoms with E-state index in [-0.39, 0.29) is 37.1 Å². The Hall–Kier alpha value is -2.13. The normalized spacial score (nSPS) is 15.7. The second-order valence-corrected chi connectivity index (χ2v) is 7.58. The predicted molar refractivity (Wildman–Crippen MR) is 114 cm³/mol. The van der Waals surface area contributed by atoms with Crippen LogP contribution in [0.25, 0.3) is 0 Å². The van der Waals surface area contributed by atoms with Crippen molar-refractivity contribution in [2.45, 2.75) is 58.4 Å². The van der Waals surface area contributed by atoms with Crippen molar-refractivity contribution in [2.75, 3.05) is 50.5 Å². The summed E-state index contributed by atoms with van der Waals surface area (Å²) in [5.41, 5.74) is 5.06. The number of methoxy groups -OCH3 is 1. The number of hydrogen-bond donors (Lipinski definition) is 2. The molecular weight excluding hydrogens is 374 g/mol. The second-order valence-electron chi connectivity index (χ2n) is 7.58. The van der Waals surface area contributed by atoms with Gasteiger partial charge >= 0.3 is 5.69 Å². The average Bonchev–Trinajstić information content (AvgIpc) is 2.66. The van der Waals surface area contributed by atoms with Crippen LogP contribution in [0.5, 0.6) is 0 Å². The number of likely N-dealkylation sites (tertiary alicyclic amines) is 1. The van der Waals surface area contributed by atoms with Gasteiger partial charge in [-0.1, -0.05) is 32.6 Å². The summed E-state index contributed by atoms with van der Waals surface area (Å²) in [4.78, 5) is 43.8. The highest BCUT2D eigenvalue weighted by molar-refractivity contribution is 5.96. The monoisotopic (exact) mass is 409 g/mol. The van der Waals surface area contributed by atoms with E-state index in [2.05, 4.69) is 9.88 Å². The van der Waals surface area contributed by atoms with Crippen LogP contribution in [0.1, 0.15) is 51.9 Å². The minimum absolute atomic E-state index is 0.0318. The number of aromatic nitrogens is 2. The van der Waals surface area contributed by atoms with E-state index in [1.807, 2.05) is 6.92 Å². The molecule has 1 aliphatic heterocycles. The summed E-state index contributed by atoms with van der Waals surface area (Å²) in [6.45, 7) is 4.81. The first kappa shape index (κ1) is 23.2. The Bertz CT molecular complexity index is 765. The molecule has 2 heterocycles. The Morgan fingerprint density at radius 2 is 1.83 bits per heavy atom. The first-order valence-corrected chi connectivity index (χ1v) is 10.6. The predicted octanol–water partition coefficient (Wildman–Crippen LogP) is 1.16. The molecule has 1 aliphatic rings. The van der Waals surface area contributed by atoms with Crippen LogP contribution >= 0.6 is 0 Å². The Kier molecular flexibility index (Phi) is 9.40. The highest BCUT2D eigenvalue weighted by atomic mass is 16.5. The third-order valence-corrected chi connectivity index (χ3v) is 5.35. The lowest BCUT2D eigenvalue weighted by molar-refractivity contribution is -0.120. The molecule has 0 bridgehead atoms. The number of ether oxygens (including phenoxy) is 1. The van der Waals surface area contributed by atoms with Gasteiger partial charge in [-0.05, 0) is 32.4 Å². The van der Waals surface area contributed by atoms with Crippen LogP contribution in [0.4, 0.5) is 11.5 Å². The highest BCUT2D eigenvalue weighted by Crippen LogP contribution is 2.18. The van der Waals surface area contributed by atoms with Gasteiger partial charge in [0.25, 0.3) is 5.56 Å². The molecule has 1 aromatic heterocycles. The minimum atomic E-state index is -0.641. The number of anilines is 2. The third kappa shape index (κ3) is 6.43. The largest absolute Gasteiger partial charge is 0.383 e. The Morgan fingerprint density at radius 1 is 1.17 bits per heavy atom. The van der Waals surface area contributed by atoms with Gasteiger partial charge in [-0.2, -0.15) is 0 Å². The fourth-order valence-electron chi connectivity index (χ4n) is 3.67. The number of carbonyl (C=O) groups excluding carboxylic acids is 1. The van der Waals surface area contributed by atoms with Crippen molar-refractivity contribution in [1.29, 1.82) is 0 Å². The lowest BCUT2D eigenvalue weighted by Crippen LogP contribution is -2.46. The van der Waals surface area contributed by atoms with Crippen LogP contribution in [-0.4, -0.2) is 60.3 Å². The van der Waals surface area contributed by atoms with Gasteiger partial charge in [-0.15, -0.1) is 0 Å². The molecule has 0 radical (unpaired) electrons. The number of nitrogens with one attached hydrogen (secondary N) is 1. The number of amides is 1. The summed E-state index contributed by atoms with van der Waals surface area (Å²) < 4.78 is 6.48. The van der Waals surface area contributed by atoms with Gasteiger partial charge in [0, 0.05) is 20.2 Å². The molecule has 1 fully saturated rings. The molecular formula is C20H35N5O4. The summed E-state index contributed by atoms with van der Waals surface area (Å²) in [6, 6.07) is 0. The third-order valence-electron chi connectivity index (χ3n) is 5.35. The molecule has 0 atom stereocenters. The number of hydrogen-bond acceptors (Lipinski definition) is 6. The van der Waals surface area contributed by atoms with Crippen LogP contribution in [0.15, 0.2) is 9.59 Å². The minimum Gasteiger partial charge on any atom is -0.383 e. The molecule has 0 aromatic carbocycles. The Morgan fingerprint density at radius 3 is 2.45 bits per heavy atom. The zero-order valence-electron chi connectivity index (χ0n) is 17.7. The number of nitrogens with two attached hydrogens (primary N) is 1. The lowest BCUT2D eigenvalue weighted by Gasteiger charge is -2.29. The first-order valence-electron chi connectivity index (χ1n) is 10.6. The van der Waals surface area contributed by atoms with Gasteiger partial charge < -0.3 is 15.4 Å². The SMILES string of the molecule is CCCCn1c(N)c(N(CCOC)C(=O)CN2CCCCCCC2)c(=O)[nH]c1=O. The van der Waals surface area contributed by atoms with Crippen molar-refractivity contribution in [3.63, 3.8) is 0 Å². The van der Waals surface area contributed by atoms with E-state index < -0.39 is 11.2 Å². The van der Waals surface area contributed by atoms with E-state index in [4.69, 9.17) is 10.5 Å². The number of rotatable bonds is 9. The zero-order valence-corrected chi connectivity index (χ0v) is 17.7. The number of nitrogen functional groups attached to an aromatic ring is 1. The number of carbonyl (C=O) groups is 1. The van der Waals surface area contributed by atoms with E-state index >= 15 is 0 Å². The fourth-order valence-corrected chi connectivity index (χ4v) is 3.67. The highest BCUT2D eigenvalue weighted by Gasteiger charge is 2.25. The summed E-state index contributed by atoms with van der Waals surface area (Å²) in [5, 5.41) is 0. The molecule has 1 amide bonds.